The molecule has 15 amide bonds. The average Bonchev–Trinajstić information content (AvgIpc) is 1.80. The molecule has 2 aliphatic heterocycles. The standard InChI is InChI=1S/C85H113N15O18/c1-10-11-23-52(4)74-85(118)99(9)67(45-55-26-17-13-18-27-55)83(116)96(6)49-72(107)90-64(44-58-35-39-60(103)40-36-58)82(115)98(8)68(46-56-28-19-14-20-29-56)84(117)100-41-22-31-66(100)79(112)91-61(76(109)87-47-69(86)104)30-21-32-70(105)89-63(43-54-24-15-12-16-25-54)81(114)97(7)53(5)75(108)92-62(42-57-33-37-59(102)38-34-57)78(111)95-73(51(2)3)80(113)93-65(50-101)77(110)88-48-71(106)94-74/h12-20,24-29,33-40,51-53,61-68,73-74,101-103H,10-11,21-23,30-32,41-50H2,1-9H3,(H2,86,104)(H,87,109)(H,88,110)(H,89,105)(H,90,107)(H,91,112)(H,92,108)(H,93,113)(H,94,106)(H,95,111)/t52?,53-,61-,62-,63-,64-,65-,66-,67-,68-,73-,74-/m0/s1. The number of nitrogens with two attached hydrogens (primary N) is 1. The second kappa shape index (κ2) is 45.3. The third-order valence-electron chi connectivity index (χ3n) is 21.2. The van der Waals surface area contributed by atoms with Crippen molar-refractivity contribution in [2.24, 2.45) is 17.6 Å². The third kappa shape index (κ3) is 27.4. The molecule has 0 saturated carbocycles. The molecular weight excluding hydrogens is 1520 g/mol. The molecule has 14 N–H and O–H groups in total. The van der Waals surface area contributed by atoms with Crippen LogP contribution in [0.3, 0.4) is 0 Å². The molecule has 1 unspecified atom stereocenters. The van der Waals surface area contributed by atoms with Crippen molar-refractivity contribution in [3.63, 3.8) is 0 Å². The number of carbonyl (C=O) groups excluding carboxylic acids is 15. The highest BCUT2D eigenvalue weighted by Crippen LogP contribution is 2.25. The van der Waals surface area contributed by atoms with Gasteiger partial charge in [0.05, 0.1) is 26.2 Å². The molecule has 0 aliphatic carbocycles. The predicted molar refractivity (Wildman–Crippen MR) is 435 cm³/mol. The summed E-state index contributed by atoms with van der Waals surface area (Å²) in [5.41, 5.74) is 8.10. The van der Waals surface area contributed by atoms with Gasteiger partial charge >= 0.3 is 0 Å². The number of benzene rings is 5. The van der Waals surface area contributed by atoms with E-state index in [4.69, 9.17) is 5.73 Å². The van der Waals surface area contributed by atoms with Gasteiger partial charge in [-0.15, -0.1) is 0 Å². The molecule has 0 radical (unpaired) electrons. The summed E-state index contributed by atoms with van der Waals surface area (Å²) in [6.45, 7) is 5.01. The van der Waals surface area contributed by atoms with Crippen molar-refractivity contribution in [3.05, 3.63) is 167 Å². The molecule has 33 heteroatoms. The van der Waals surface area contributed by atoms with Gasteiger partial charge in [0.15, 0.2) is 0 Å². The first kappa shape index (κ1) is 92.9. The monoisotopic (exact) mass is 1630 g/mol. The van der Waals surface area contributed by atoms with Crippen LogP contribution in [0.15, 0.2) is 140 Å². The summed E-state index contributed by atoms with van der Waals surface area (Å²) in [5, 5.41) is 54.6. The van der Waals surface area contributed by atoms with E-state index < -0.39 is 193 Å². The van der Waals surface area contributed by atoms with Gasteiger partial charge in [-0.2, -0.15) is 0 Å². The Morgan fingerprint density at radius 1 is 0.492 bits per heavy atom. The summed E-state index contributed by atoms with van der Waals surface area (Å²) >= 11 is 0. The Morgan fingerprint density at radius 2 is 0.983 bits per heavy atom. The number of fused-ring (bicyclic) bond motifs is 1. The summed E-state index contributed by atoms with van der Waals surface area (Å²) in [4.78, 5) is 223. The minimum absolute atomic E-state index is 0.00260. The number of carbonyl (C=O) groups is 15. The fraction of sp³-hybridized carbons (Fsp3) is 0.471. The third-order valence-corrected chi connectivity index (χ3v) is 21.2. The summed E-state index contributed by atoms with van der Waals surface area (Å²) in [7, 11) is 5.37. The first-order valence-electron chi connectivity index (χ1n) is 39.8. The number of aliphatic hydroxyl groups excluding tert-OH is 1. The van der Waals surface area contributed by atoms with Gasteiger partial charge in [0, 0.05) is 73.3 Å². The number of primary amides is 1. The molecule has 5 aromatic carbocycles. The van der Waals surface area contributed by atoms with Gasteiger partial charge in [0.2, 0.25) is 88.6 Å². The van der Waals surface area contributed by atoms with Gasteiger partial charge in [0.25, 0.3) is 0 Å². The van der Waals surface area contributed by atoms with Crippen LogP contribution in [0.1, 0.15) is 114 Å². The van der Waals surface area contributed by atoms with Crippen molar-refractivity contribution in [2.75, 3.05) is 61.0 Å². The van der Waals surface area contributed by atoms with Crippen LogP contribution < -0.4 is 53.6 Å². The van der Waals surface area contributed by atoms with Gasteiger partial charge in [-0.1, -0.05) is 156 Å². The lowest BCUT2D eigenvalue weighted by atomic mass is 9.93. The molecule has 2 aliphatic rings. The Kier molecular flexibility index (Phi) is 35.6. The normalized spacial score (nSPS) is 23.5. The lowest BCUT2D eigenvalue weighted by molar-refractivity contribution is -0.149. The molecule has 0 spiro atoms. The number of rotatable bonds is 19. The van der Waals surface area contributed by atoms with E-state index >= 15 is 19.2 Å². The molecule has 2 fully saturated rings. The summed E-state index contributed by atoms with van der Waals surface area (Å²) < 4.78 is 0. The summed E-state index contributed by atoms with van der Waals surface area (Å²) in [6.07, 6.45) is 0.518. The van der Waals surface area contributed by atoms with E-state index in [1.165, 1.54) is 93.4 Å². The zero-order chi connectivity index (χ0) is 86.4. The second-order valence-corrected chi connectivity index (χ2v) is 30.5. The fourth-order valence-electron chi connectivity index (χ4n) is 14.1. The number of aliphatic hydroxyl groups is 1. The van der Waals surface area contributed by atoms with E-state index in [1.807, 2.05) is 6.92 Å². The van der Waals surface area contributed by atoms with Crippen LogP contribution in [0, 0.1) is 11.8 Å². The van der Waals surface area contributed by atoms with Crippen LogP contribution in [-0.2, 0) is 104 Å². The zero-order valence-electron chi connectivity index (χ0n) is 68.3. The maximum atomic E-state index is 15.5. The lowest BCUT2D eigenvalue weighted by Crippen LogP contribution is -2.61. The molecule has 5 aromatic rings. The van der Waals surface area contributed by atoms with Crippen LogP contribution in [0.2, 0.25) is 0 Å². The van der Waals surface area contributed by atoms with Crippen molar-refractivity contribution < 1.29 is 87.2 Å². The van der Waals surface area contributed by atoms with E-state index in [1.54, 1.807) is 112 Å². The van der Waals surface area contributed by atoms with Crippen LogP contribution in [0.5, 0.6) is 11.5 Å². The topological polar surface area (TPSA) is 467 Å². The van der Waals surface area contributed by atoms with Crippen molar-refractivity contribution >= 4 is 88.6 Å². The average molecular weight is 1630 g/mol. The zero-order valence-corrected chi connectivity index (χ0v) is 68.3. The summed E-state index contributed by atoms with van der Waals surface area (Å²) in [5.74, 6) is -14.1. The maximum absolute atomic E-state index is 15.5. The lowest BCUT2D eigenvalue weighted by Gasteiger charge is -2.36. The molecule has 0 bridgehead atoms. The largest absolute Gasteiger partial charge is 0.508 e. The van der Waals surface area contributed by atoms with Gasteiger partial charge in [-0.3, -0.25) is 71.9 Å². The number of amides is 15. The Hall–Kier alpha value is -12.3. The van der Waals surface area contributed by atoms with E-state index in [9.17, 15) is 68.1 Å². The number of aromatic hydroxyl groups is 2. The number of phenolic OH excluding ortho intramolecular Hbond substituents is 2. The fourth-order valence-corrected chi connectivity index (χ4v) is 14.1. The number of likely N-dealkylation sites (N-methyl/N-ethyl adjacent to an activating group) is 4. The highest BCUT2D eigenvalue weighted by Gasteiger charge is 2.44. The highest BCUT2D eigenvalue weighted by molar-refractivity contribution is 6.00. The molecule has 0 aromatic heterocycles. The van der Waals surface area contributed by atoms with E-state index in [2.05, 4.69) is 47.9 Å². The quantitative estimate of drug-likeness (QED) is 0.0530. The van der Waals surface area contributed by atoms with Crippen molar-refractivity contribution in [3.8, 4) is 11.5 Å². The smallest absolute Gasteiger partial charge is 0.246 e. The molecule has 2 saturated heterocycles. The Balaban J connectivity index is 1.27. The van der Waals surface area contributed by atoms with Gasteiger partial charge < -0.3 is 93.4 Å². The Morgan fingerprint density at radius 3 is 1.51 bits per heavy atom. The minimum Gasteiger partial charge on any atom is -0.508 e. The number of nitrogens with one attached hydrogen (secondary N) is 9. The molecule has 7 rings (SSSR count). The van der Waals surface area contributed by atoms with Crippen LogP contribution >= 0.6 is 0 Å². The van der Waals surface area contributed by atoms with Crippen molar-refractivity contribution in [1.29, 1.82) is 0 Å². The summed E-state index contributed by atoms with van der Waals surface area (Å²) in [6, 6.07) is 21.7. The molecule has 2 heterocycles. The van der Waals surface area contributed by atoms with E-state index in [0.29, 0.717) is 47.1 Å². The number of hydrogen-bond acceptors (Lipinski definition) is 18. The van der Waals surface area contributed by atoms with Crippen LogP contribution in [-0.4, -0.2) is 256 Å². The van der Waals surface area contributed by atoms with E-state index in [0.717, 1.165) is 14.7 Å². The number of phenols is 2. The first-order chi connectivity index (χ1) is 56.2. The molecular formula is C85H113N15O18. The Bertz CT molecular complexity index is 4290. The first-order valence-corrected chi connectivity index (χ1v) is 39.8. The highest BCUT2D eigenvalue weighted by atomic mass is 16.3. The van der Waals surface area contributed by atoms with Crippen molar-refractivity contribution in [2.45, 2.75) is 185 Å². The molecule has 12 atom stereocenters. The Labute approximate surface area is 687 Å². The maximum Gasteiger partial charge on any atom is 0.246 e. The van der Waals surface area contributed by atoms with Crippen molar-refractivity contribution in [1.82, 2.24) is 72.4 Å². The predicted octanol–water partition coefficient (Wildman–Crippen LogP) is 0.331. The minimum atomic E-state index is -1.74. The molecule has 636 valence electrons. The second-order valence-electron chi connectivity index (χ2n) is 30.5. The molecule has 118 heavy (non-hydrogen) atoms. The van der Waals surface area contributed by atoms with Gasteiger partial charge in [-0.25, -0.2) is 0 Å². The van der Waals surface area contributed by atoms with Crippen LogP contribution in [0.25, 0.3) is 0 Å². The van der Waals surface area contributed by atoms with Crippen LogP contribution in [0.4, 0.5) is 0 Å². The van der Waals surface area contributed by atoms with Gasteiger partial charge in [0.1, 0.15) is 78.0 Å². The number of unbranched alkanes of at least 4 members (excludes halogenated alkanes) is 1. The molecule has 33 nitrogen and oxygen atoms in total. The van der Waals surface area contributed by atoms with Gasteiger partial charge in [-0.05, 0) is 103 Å². The SMILES string of the molecule is CCCCC(C)[C@@H]1NC(=O)CNC(=O)[C@H](CO)NC(=O)[C@H](C(C)C)NC(=O)[C@H](Cc2ccc(O)cc2)NC(=O)[C@H](C)N(C)C(=O)[C@H](Cc2ccccc2)NC(=O)CCC[C@@H](C(=O)NCC(N)=O)NC(=O)[C@@H]2CCCN2C(=O)[C@H](Cc2ccccc2)N(C)C(=O)[C@H](Cc2ccc(O)cc2)NC(=O)CN(C)C(=O)[C@H](Cc2ccccc2)N(C)C1=O. The number of nitrogens with zero attached hydrogens (tertiary/aromatic N) is 5. The number of hydrogen-bond donors (Lipinski definition) is 13. The van der Waals surface area contributed by atoms with E-state index in [-0.39, 0.29) is 82.3 Å².